The van der Waals surface area contributed by atoms with Crippen molar-refractivity contribution < 1.29 is 0 Å². The fourth-order valence-electron chi connectivity index (χ4n) is 4.57. The highest BCUT2D eigenvalue weighted by atomic mass is 15.1. The molecule has 112 valence electrons. The second-order valence-corrected chi connectivity index (χ2v) is 7.75. The highest BCUT2D eigenvalue weighted by Crippen LogP contribution is 2.34. The van der Waals surface area contributed by atoms with E-state index in [1.807, 2.05) is 0 Å². The highest BCUT2D eigenvalue weighted by molar-refractivity contribution is 4.88. The molecule has 2 aliphatic carbocycles. The molecule has 0 aromatic heterocycles. The third-order valence-corrected chi connectivity index (χ3v) is 5.76. The van der Waals surface area contributed by atoms with Crippen LogP contribution in [0.3, 0.4) is 0 Å². The van der Waals surface area contributed by atoms with Gasteiger partial charge in [-0.2, -0.15) is 0 Å². The monoisotopic (exact) mass is 266 g/mol. The molecule has 6 atom stereocenters. The zero-order chi connectivity index (χ0) is 14.0. The smallest absolute Gasteiger partial charge is 0.00948 e. The number of nitrogens with zero attached hydrogens (tertiary/aromatic N) is 1. The van der Waals surface area contributed by atoms with Crippen LogP contribution in [0.2, 0.25) is 0 Å². The first-order chi connectivity index (χ1) is 8.97. The van der Waals surface area contributed by atoms with Gasteiger partial charge in [-0.3, -0.25) is 0 Å². The Morgan fingerprint density at radius 3 is 2.37 bits per heavy atom. The molecule has 2 saturated carbocycles. The molecular weight excluding hydrogens is 232 g/mol. The lowest BCUT2D eigenvalue weighted by atomic mass is 9.72. The van der Waals surface area contributed by atoms with Crippen molar-refractivity contribution in [3.8, 4) is 0 Å². The standard InChI is InChI=1S/C17H34N2/c1-12-6-5-7-15(9-12)19(4)11-16-14(3)8-13(2)10-17(16)18/h12-17H,5-11,18H2,1-4H3. The Kier molecular flexibility index (Phi) is 5.30. The summed E-state index contributed by atoms with van der Waals surface area (Å²) in [5.41, 5.74) is 6.44. The van der Waals surface area contributed by atoms with E-state index in [-0.39, 0.29) is 0 Å². The van der Waals surface area contributed by atoms with E-state index < -0.39 is 0 Å². The van der Waals surface area contributed by atoms with Crippen molar-refractivity contribution in [2.45, 2.75) is 71.4 Å². The van der Waals surface area contributed by atoms with Crippen LogP contribution in [0.15, 0.2) is 0 Å². The average molecular weight is 266 g/mol. The maximum atomic E-state index is 6.44. The molecule has 0 heterocycles. The molecule has 2 heteroatoms. The minimum absolute atomic E-state index is 0.419. The van der Waals surface area contributed by atoms with Crippen LogP contribution in [0.25, 0.3) is 0 Å². The van der Waals surface area contributed by atoms with Crippen LogP contribution in [0.4, 0.5) is 0 Å². The summed E-state index contributed by atoms with van der Waals surface area (Å²) >= 11 is 0. The molecule has 0 aromatic carbocycles. The molecule has 2 nitrogen and oxygen atoms in total. The molecule has 2 fully saturated rings. The molecule has 6 unspecified atom stereocenters. The molecule has 2 N–H and O–H groups in total. The first-order valence-corrected chi connectivity index (χ1v) is 8.43. The number of hydrogen-bond acceptors (Lipinski definition) is 2. The van der Waals surface area contributed by atoms with Crippen molar-refractivity contribution in [1.29, 1.82) is 0 Å². The summed E-state index contributed by atoms with van der Waals surface area (Å²) in [4.78, 5) is 2.63. The molecular formula is C17H34N2. The fourth-order valence-corrected chi connectivity index (χ4v) is 4.57. The van der Waals surface area contributed by atoms with Crippen LogP contribution in [-0.4, -0.2) is 30.6 Å². The first kappa shape index (κ1) is 15.3. The van der Waals surface area contributed by atoms with Gasteiger partial charge in [-0.05, 0) is 56.4 Å². The molecule has 0 spiro atoms. The van der Waals surface area contributed by atoms with Crippen LogP contribution >= 0.6 is 0 Å². The van der Waals surface area contributed by atoms with Gasteiger partial charge >= 0.3 is 0 Å². The maximum Gasteiger partial charge on any atom is 0.00948 e. The van der Waals surface area contributed by atoms with Gasteiger partial charge in [0.2, 0.25) is 0 Å². The third kappa shape index (κ3) is 3.95. The summed E-state index contributed by atoms with van der Waals surface area (Å²) in [7, 11) is 2.33. The Hall–Kier alpha value is -0.0800. The van der Waals surface area contributed by atoms with Crippen LogP contribution in [0, 0.1) is 23.7 Å². The highest BCUT2D eigenvalue weighted by Gasteiger charge is 2.34. The van der Waals surface area contributed by atoms with Gasteiger partial charge < -0.3 is 10.6 Å². The van der Waals surface area contributed by atoms with E-state index in [1.54, 1.807) is 0 Å². The largest absolute Gasteiger partial charge is 0.327 e. The molecule has 0 aliphatic heterocycles. The molecule has 19 heavy (non-hydrogen) atoms. The normalized spacial score (nSPS) is 44.5. The van der Waals surface area contributed by atoms with Crippen LogP contribution < -0.4 is 5.73 Å². The maximum absolute atomic E-state index is 6.44. The van der Waals surface area contributed by atoms with Crippen LogP contribution in [-0.2, 0) is 0 Å². The summed E-state index contributed by atoms with van der Waals surface area (Å²) in [5.74, 6) is 3.24. The lowest BCUT2D eigenvalue weighted by Crippen LogP contribution is -2.48. The van der Waals surface area contributed by atoms with Crippen molar-refractivity contribution in [2.75, 3.05) is 13.6 Å². The minimum atomic E-state index is 0.419. The second kappa shape index (κ2) is 6.58. The second-order valence-electron chi connectivity index (χ2n) is 7.75. The van der Waals surface area contributed by atoms with Crippen LogP contribution in [0.5, 0.6) is 0 Å². The van der Waals surface area contributed by atoms with Gasteiger partial charge in [-0.1, -0.05) is 33.6 Å². The van der Waals surface area contributed by atoms with Gasteiger partial charge in [0, 0.05) is 18.6 Å². The Bertz CT molecular complexity index is 266. The first-order valence-electron chi connectivity index (χ1n) is 8.43. The Morgan fingerprint density at radius 1 is 1.00 bits per heavy atom. The van der Waals surface area contributed by atoms with E-state index in [0.717, 1.165) is 23.8 Å². The summed E-state index contributed by atoms with van der Waals surface area (Å²) in [6, 6.07) is 1.23. The molecule has 0 aromatic rings. The van der Waals surface area contributed by atoms with Gasteiger partial charge in [-0.25, -0.2) is 0 Å². The number of hydrogen-bond donors (Lipinski definition) is 1. The minimum Gasteiger partial charge on any atom is -0.327 e. The van der Waals surface area contributed by atoms with Crippen LogP contribution in [0.1, 0.15) is 59.3 Å². The summed E-state index contributed by atoms with van der Waals surface area (Å²) in [5, 5.41) is 0. The Labute approximate surface area is 120 Å². The Balaban J connectivity index is 1.88. The van der Waals surface area contributed by atoms with E-state index in [2.05, 4.69) is 32.7 Å². The molecule has 2 rings (SSSR count). The molecule has 0 amide bonds. The number of nitrogens with two attached hydrogens (primary N) is 1. The fraction of sp³-hybridized carbons (Fsp3) is 1.00. The van der Waals surface area contributed by atoms with Gasteiger partial charge in [-0.15, -0.1) is 0 Å². The predicted molar refractivity (Wildman–Crippen MR) is 83.1 cm³/mol. The van der Waals surface area contributed by atoms with Gasteiger partial charge in [0.15, 0.2) is 0 Å². The predicted octanol–water partition coefficient (Wildman–Crippen LogP) is 3.51. The van der Waals surface area contributed by atoms with E-state index in [0.29, 0.717) is 12.0 Å². The van der Waals surface area contributed by atoms with Gasteiger partial charge in [0.1, 0.15) is 0 Å². The van der Waals surface area contributed by atoms with E-state index in [9.17, 15) is 0 Å². The lowest BCUT2D eigenvalue weighted by molar-refractivity contribution is 0.0883. The average Bonchev–Trinajstić information content (AvgIpc) is 2.33. The van der Waals surface area contributed by atoms with Crippen molar-refractivity contribution in [2.24, 2.45) is 29.4 Å². The molecule has 0 radical (unpaired) electrons. The topological polar surface area (TPSA) is 29.3 Å². The van der Waals surface area contributed by atoms with Gasteiger partial charge in [0.05, 0.1) is 0 Å². The quantitative estimate of drug-likeness (QED) is 0.847. The van der Waals surface area contributed by atoms with Crippen molar-refractivity contribution >= 4 is 0 Å². The van der Waals surface area contributed by atoms with Crippen molar-refractivity contribution in [3.05, 3.63) is 0 Å². The summed E-state index contributed by atoms with van der Waals surface area (Å²) in [6.07, 6.45) is 8.23. The van der Waals surface area contributed by atoms with E-state index in [1.165, 1.54) is 45.1 Å². The molecule has 0 saturated heterocycles. The number of rotatable bonds is 3. The third-order valence-electron chi connectivity index (χ3n) is 5.76. The van der Waals surface area contributed by atoms with Crippen molar-refractivity contribution in [1.82, 2.24) is 4.90 Å². The van der Waals surface area contributed by atoms with Gasteiger partial charge in [0.25, 0.3) is 0 Å². The molecule has 0 bridgehead atoms. The zero-order valence-electron chi connectivity index (χ0n) is 13.4. The lowest BCUT2D eigenvalue weighted by Gasteiger charge is -2.42. The van der Waals surface area contributed by atoms with Crippen molar-refractivity contribution in [3.63, 3.8) is 0 Å². The zero-order valence-corrected chi connectivity index (χ0v) is 13.4. The summed E-state index contributed by atoms with van der Waals surface area (Å²) in [6.45, 7) is 8.40. The Morgan fingerprint density at radius 2 is 1.74 bits per heavy atom. The molecule has 2 aliphatic rings. The van der Waals surface area contributed by atoms with E-state index >= 15 is 0 Å². The van der Waals surface area contributed by atoms with E-state index in [4.69, 9.17) is 5.73 Å². The summed E-state index contributed by atoms with van der Waals surface area (Å²) < 4.78 is 0. The SMILES string of the molecule is CC1CC(C)C(CN(C)C2CCCC(C)C2)C(N)C1.